The Morgan fingerprint density at radius 2 is 2.42 bits per heavy atom. The lowest BCUT2D eigenvalue weighted by Crippen LogP contribution is -2.22. The van der Waals surface area contributed by atoms with E-state index in [2.05, 4.69) is 26.3 Å². The standard InChI is InChI=1S/C12H15BrClN3O2/c1-15-10(8-3-5-19-12(8)14)11-9(13)7-16-17(11)4-6-18-2/h3,5,7,10,15H,4,6H2,1-2H3. The van der Waals surface area contributed by atoms with Gasteiger partial charge in [0.1, 0.15) is 0 Å². The van der Waals surface area contributed by atoms with Crippen molar-refractivity contribution in [3.05, 3.63) is 39.5 Å². The topological polar surface area (TPSA) is 52.2 Å². The number of hydrogen-bond donors (Lipinski definition) is 1. The van der Waals surface area contributed by atoms with E-state index >= 15 is 0 Å². The molecule has 104 valence electrons. The van der Waals surface area contributed by atoms with Crippen molar-refractivity contribution in [1.82, 2.24) is 15.1 Å². The third kappa shape index (κ3) is 3.02. The van der Waals surface area contributed by atoms with Gasteiger partial charge in [-0.1, -0.05) is 0 Å². The van der Waals surface area contributed by atoms with E-state index in [1.54, 1.807) is 19.6 Å². The van der Waals surface area contributed by atoms with Gasteiger partial charge < -0.3 is 14.5 Å². The largest absolute Gasteiger partial charge is 0.453 e. The van der Waals surface area contributed by atoms with E-state index in [1.165, 1.54) is 0 Å². The predicted octanol–water partition coefficient (Wildman–Crippen LogP) is 2.85. The number of halogens is 2. The Labute approximate surface area is 125 Å². The van der Waals surface area contributed by atoms with Gasteiger partial charge in [0.2, 0.25) is 0 Å². The Kier molecular flexibility index (Phi) is 5.04. The number of nitrogens with zero attached hydrogens (tertiary/aromatic N) is 2. The lowest BCUT2D eigenvalue weighted by Gasteiger charge is -2.18. The first-order valence-corrected chi connectivity index (χ1v) is 6.96. The highest BCUT2D eigenvalue weighted by molar-refractivity contribution is 9.10. The lowest BCUT2D eigenvalue weighted by atomic mass is 10.1. The summed E-state index contributed by atoms with van der Waals surface area (Å²) < 4.78 is 13.1. The van der Waals surface area contributed by atoms with Gasteiger partial charge in [0.05, 0.1) is 41.8 Å². The molecule has 2 aromatic heterocycles. The SMILES string of the molecule is CNC(c1ccoc1Cl)c1c(Br)cnn1CCOC. The zero-order chi connectivity index (χ0) is 13.8. The minimum Gasteiger partial charge on any atom is -0.453 e. The second-order valence-corrected chi connectivity index (χ2v) is 5.16. The van der Waals surface area contributed by atoms with Crippen molar-refractivity contribution in [2.24, 2.45) is 0 Å². The third-order valence-electron chi connectivity index (χ3n) is 2.86. The number of methoxy groups -OCH3 is 1. The molecule has 0 saturated heterocycles. The average Bonchev–Trinajstić information content (AvgIpc) is 2.97. The monoisotopic (exact) mass is 347 g/mol. The van der Waals surface area contributed by atoms with Gasteiger partial charge in [0.25, 0.3) is 0 Å². The number of nitrogens with one attached hydrogen (secondary N) is 1. The van der Waals surface area contributed by atoms with Gasteiger partial charge in [0.15, 0.2) is 5.22 Å². The lowest BCUT2D eigenvalue weighted by molar-refractivity contribution is 0.182. The van der Waals surface area contributed by atoms with Crippen LogP contribution in [-0.4, -0.2) is 30.5 Å². The molecule has 0 aliphatic heterocycles. The molecule has 0 saturated carbocycles. The highest BCUT2D eigenvalue weighted by Gasteiger charge is 2.23. The van der Waals surface area contributed by atoms with Crippen LogP contribution < -0.4 is 5.32 Å². The number of furan rings is 1. The molecule has 7 heteroatoms. The summed E-state index contributed by atoms with van der Waals surface area (Å²) in [5.74, 6) is 0. The van der Waals surface area contributed by atoms with Gasteiger partial charge in [-0.2, -0.15) is 5.10 Å². The molecular formula is C12H15BrClN3O2. The van der Waals surface area contributed by atoms with Crippen LogP contribution in [0.5, 0.6) is 0 Å². The molecule has 0 amide bonds. The van der Waals surface area contributed by atoms with Crippen molar-refractivity contribution in [2.45, 2.75) is 12.6 Å². The number of aromatic nitrogens is 2. The molecule has 0 fully saturated rings. The van der Waals surface area contributed by atoms with Crippen LogP contribution in [0.4, 0.5) is 0 Å². The molecule has 0 bridgehead atoms. The van der Waals surface area contributed by atoms with Crippen molar-refractivity contribution in [1.29, 1.82) is 0 Å². The van der Waals surface area contributed by atoms with Gasteiger partial charge in [-0.05, 0) is 40.6 Å². The number of rotatable bonds is 6. The highest BCUT2D eigenvalue weighted by atomic mass is 79.9. The summed E-state index contributed by atoms with van der Waals surface area (Å²) in [6.07, 6.45) is 3.34. The first kappa shape index (κ1) is 14.6. The van der Waals surface area contributed by atoms with Crippen LogP contribution in [0, 0.1) is 0 Å². The Bertz CT molecular complexity index is 541. The van der Waals surface area contributed by atoms with E-state index in [9.17, 15) is 0 Å². The summed E-state index contributed by atoms with van der Waals surface area (Å²) in [6, 6.07) is 1.75. The fourth-order valence-corrected chi connectivity index (χ4v) is 2.71. The Hall–Kier alpha value is -0.820. The minimum atomic E-state index is -0.0972. The van der Waals surface area contributed by atoms with E-state index in [-0.39, 0.29) is 6.04 Å². The molecule has 0 aliphatic carbocycles. The third-order valence-corrected chi connectivity index (χ3v) is 3.78. The fraction of sp³-hybridized carbons (Fsp3) is 0.417. The van der Waals surface area contributed by atoms with Crippen LogP contribution in [0.15, 0.2) is 27.4 Å². The van der Waals surface area contributed by atoms with Crippen molar-refractivity contribution in [2.75, 3.05) is 20.8 Å². The molecular weight excluding hydrogens is 334 g/mol. The van der Waals surface area contributed by atoms with E-state index in [4.69, 9.17) is 20.8 Å². The van der Waals surface area contributed by atoms with Crippen LogP contribution in [0.1, 0.15) is 17.3 Å². The molecule has 0 radical (unpaired) electrons. The zero-order valence-electron chi connectivity index (χ0n) is 10.7. The molecule has 1 unspecified atom stereocenters. The van der Waals surface area contributed by atoms with Crippen molar-refractivity contribution in [3.8, 4) is 0 Å². The average molecular weight is 349 g/mol. The molecule has 0 aliphatic rings. The smallest absolute Gasteiger partial charge is 0.198 e. The zero-order valence-corrected chi connectivity index (χ0v) is 13.0. The summed E-state index contributed by atoms with van der Waals surface area (Å²) in [6.45, 7) is 1.27. The Morgan fingerprint density at radius 3 is 3.00 bits per heavy atom. The summed E-state index contributed by atoms with van der Waals surface area (Å²) in [5, 5.41) is 7.95. The van der Waals surface area contributed by atoms with Crippen LogP contribution in [0.25, 0.3) is 0 Å². The molecule has 1 atom stereocenters. The van der Waals surface area contributed by atoms with Crippen LogP contribution in [0.3, 0.4) is 0 Å². The summed E-state index contributed by atoms with van der Waals surface area (Å²) in [4.78, 5) is 0. The number of hydrogen-bond acceptors (Lipinski definition) is 4. The quantitative estimate of drug-likeness (QED) is 0.872. The van der Waals surface area contributed by atoms with E-state index in [0.29, 0.717) is 18.4 Å². The Balaban J connectivity index is 2.38. The molecule has 19 heavy (non-hydrogen) atoms. The van der Waals surface area contributed by atoms with Crippen LogP contribution in [-0.2, 0) is 11.3 Å². The minimum absolute atomic E-state index is 0.0972. The maximum atomic E-state index is 6.06. The maximum Gasteiger partial charge on any atom is 0.198 e. The van der Waals surface area contributed by atoms with Gasteiger partial charge in [-0.3, -0.25) is 4.68 Å². The van der Waals surface area contributed by atoms with Crippen molar-refractivity contribution >= 4 is 27.5 Å². The molecule has 2 heterocycles. The first-order valence-electron chi connectivity index (χ1n) is 5.79. The molecule has 0 spiro atoms. The second kappa shape index (κ2) is 6.56. The second-order valence-electron chi connectivity index (χ2n) is 3.97. The van der Waals surface area contributed by atoms with Gasteiger partial charge in [0, 0.05) is 12.7 Å². The first-order chi connectivity index (χ1) is 9.19. The summed E-state index contributed by atoms with van der Waals surface area (Å²) in [7, 11) is 3.54. The molecule has 0 aromatic carbocycles. The number of ether oxygens (including phenoxy) is 1. The van der Waals surface area contributed by atoms with Gasteiger partial charge in [-0.15, -0.1) is 0 Å². The predicted molar refractivity (Wildman–Crippen MR) is 76.4 cm³/mol. The normalized spacial score (nSPS) is 12.8. The molecule has 2 aromatic rings. The Morgan fingerprint density at radius 1 is 1.63 bits per heavy atom. The van der Waals surface area contributed by atoms with E-state index < -0.39 is 0 Å². The molecule has 5 nitrogen and oxygen atoms in total. The van der Waals surface area contributed by atoms with Crippen molar-refractivity contribution in [3.63, 3.8) is 0 Å². The van der Waals surface area contributed by atoms with Crippen molar-refractivity contribution < 1.29 is 9.15 Å². The summed E-state index contributed by atoms with van der Waals surface area (Å²) in [5.41, 5.74) is 1.87. The summed E-state index contributed by atoms with van der Waals surface area (Å²) >= 11 is 9.59. The van der Waals surface area contributed by atoms with Gasteiger partial charge >= 0.3 is 0 Å². The van der Waals surface area contributed by atoms with Crippen LogP contribution >= 0.6 is 27.5 Å². The molecule has 1 N–H and O–H groups in total. The van der Waals surface area contributed by atoms with E-state index in [1.807, 2.05) is 17.8 Å². The van der Waals surface area contributed by atoms with Crippen LogP contribution in [0.2, 0.25) is 5.22 Å². The highest BCUT2D eigenvalue weighted by Crippen LogP contribution is 2.32. The fourth-order valence-electron chi connectivity index (χ4n) is 1.96. The van der Waals surface area contributed by atoms with E-state index in [0.717, 1.165) is 15.7 Å². The molecule has 2 rings (SSSR count). The van der Waals surface area contributed by atoms with Gasteiger partial charge in [-0.25, -0.2) is 0 Å². The maximum absolute atomic E-state index is 6.06.